The van der Waals surface area contributed by atoms with Crippen LogP contribution in [0.15, 0.2) is 30.5 Å². The Morgan fingerprint density at radius 2 is 2.17 bits per heavy atom. The smallest absolute Gasteiger partial charge is 0.360 e. The molecule has 0 aliphatic rings. The molecule has 0 aliphatic heterocycles. The van der Waals surface area contributed by atoms with Crippen molar-refractivity contribution in [3.05, 3.63) is 36.2 Å². The quantitative estimate of drug-likeness (QED) is 0.664. The van der Waals surface area contributed by atoms with Gasteiger partial charge >= 0.3 is 5.97 Å². The average molecular weight is 245 g/mol. The molecule has 4 nitrogen and oxygen atoms in total. The third kappa shape index (κ3) is 2.42. The van der Waals surface area contributed by atoms with Crippen molar-refractivity contribution in [1.82, 2.24) is 4.98 Å². The Morgan fingerprint density at radius 1 is 1.39 bits per heavy atom. The molecule has 1 aromatic heterocycles. The van der Waals surface area contributed by atoms with E-state index in [-0.39, 0.29) is 11.4 Å². The summed E-state index contributed by atoms with van der Waals surface area (Å²) in [4.78, 5) is 15.7. The molecule has 0 spiro atoms. The van der Waals surface area contributed by atoms with Gasteiger partial charge < -0.3 is 9.84 Å². The molecular formula is C14H15NO3. The highest BCUT2D eigenvalue weighted by Crippen LogP contribution is 2.26. The molecule has 1 N–H and O–H groups in total. The van der Waals surface area contributed by atoms with E-state index in [1.165, 1.54) is 0 Å². The lowest BCUT2D eigenvalue weighted by molar-refractivity contribution is 0.0489. The fourth-order valence-electron chi connectivity index (χ4n) is 1.67. The third-order valence-corrected chi connectivity index (χ3v) is 2.70. The molecule has 0 saturated heterocycles. The molecule has 4 heteroatoms. The first-order valence-electron chi connectivity index (χ1n) is 5.98. The number of aromatic nitrogens is 1. The largest absolute Gasteiger partial charge is 0.505 e. The number of hydrogen-bond donors (Lipinski definition) is 1. The maximum Gasteiger partial charge on any atom is 0.360 e. The average Bonchev–Trinajstić information content (AvgIpc) is 2.39. The van der Waals surface area contributed by atoms with Crippen LogP contribution in [-0.4, -0.2) is 22.7 Å². The predicted molar refractivity (Wildman–Crippen MR) is 68.6 cm³/mol. The van der Waals surface area contributed by atoms with Crippen LogP contribution in [0.3, 0.4) is 0 Å². The Hall–Kier alpha value is -2.10. The Labute approximate surface area is 105 Å². The zero-order chi connectivity index (χ0) is 13.0. The van der Waals surface area contributed by atoms with Crippen LogP contribution >= 0.6 is 0 Å². The molecule has 0 fully saturated rings. The number of benzene rings is 1. The van der Waals surface area contributed by atoms with Gasteiger partial charge in [-0.25, -0.2) is 9.78 Å². The van der Waals surface area contributed by atoms with Crippen molar-refractivity contribution in [2.75, 3.05) is 6.61 Å². The van der Waals surface area contributed by atoms with Crippen LogP contribution in [0.1, 0.15) is 30.3 Å². The number of esters is 1. The summed E-state index contributed by atoms with van der Waals surface area (Å²) in [5.41, 5.74) is -0.0233. The van der Waals surface area contributed by atoms with Gasteiger partial charge in [-0.2, -0.15) is 0 Å². The van der Waals surface area contributed by atoms with Gasteiger partial charge in [-0.1, -0.05) is 37.6 Å². The van der Waals surface area contributed by atoms with Gasteiger partial charge in [0.15, 0.2) is 11.4 Å². The van der Waals surface area contributed by atoms with E-state index in [0.29, 0.717) is 12.0 Å². The van der Waals surface area contributed by atoms with Crippen molar-refractivity contribution in [3.63, 3.8) is 0 Å². The molecule has 18 heavy (non-hydrogen) atoms. The van der Waals surface area contributed by atoms with Crippen molar-refractivity contribution < 1.29 is 14.6 Å². The minimum Gasteiger partial charge on any atom is -0.505 e. The highest BCUT2D eigenvalue weighted by Gasteiger charge is 2.16. The number of nitrogens with zero attached hydrogens (tertiary/aromatic N) is 1. The van der Waals surface area contributed by atoms with Crippen LogP contribution in [-0.2, 0) is 4.74 Å². The first kappa shape index (κ1) is 12.4. The lowest BCUT2D eigenvalue weighted by atomic mass is 10.1. The molecule has 0 unspecified atom stereocenters. The van der Waals surface area contributed by atoms with Crippen LogP contribution < -0.4 is 0 Å². The number of fused-ring (bicyclic) bond motifs is 1. The Balaban J connectivity index is 2.28. The van der Waals surface area contributed by atoms with E-state index in [2.05, 4.69) is 4.98 Å². The summed E-state index contributed by atoms with van der Waals surface area (Å²) in [5.74, 6) is -0.693. The predicted octanol–water partition coefficient (Wildman–Crippen LogP) is 2.90. The summed E-state index contributed by atoms with van der Waals surface area (Å²) >= 11 is 0. The standard InChI is InChI=1S/C14H15NO3/c1-2-3-8-18-14(17)12-13(16)11-7-5-4-6-10(11)9-15-12/h4-7,9,16H,2-3,8H2,1H3. The lowest BCUT2D eigenvalue weighted by Crippen LogP contribution is -2.08. The summed E-state index contributed by atoms with van der Waals surface area (Å²) in [5, 5.41) is 11.4. The van der Waals surface area contributed by atoms with Gasteiger partial charge in [-0.3, -0.25) is 0 Å². The van der Waals surface area contributed by atoms with E-state index >= 15 is 0 Å². The SMILES string of the molecule is CCCCOC(=O)c1ncc2ccccc2c1O. The number of ether oxygens (including phenoxy) is 1. The third-order valence-electron chi connectivity index (χ3n) is 2.70. The Bertz CT molecular complexity index is 566. The Kier molecular flexibility index (Phi) is 3.77. The molecule has 1 heterocycles. The molecule has 1 aromatic carbocycles. The second kappa shape index (κ2) is 5.49. The first-order valence-corrected chi connectivity index (χ1v) is 5.98. The van der Waals surface area contributed by atoms with Gasteiger partial charge in [0.25, 0.3) is 0 Å². The number of carbonyl (C=O) groups excluding carboxylic acids is 1. The van der Waals surface area contributed by atoms with E-state index in [1.54, 1.807) is 18.3 Å². The van der Waals surface area contributed by atoms with Crippen molar-refractivity contribution in [2.45, 2.75) is 19.8 Å². The highest BCUT2D eigenvalue weighted by molar-refractivity contribution is 5.98. The summed E-state index contributed by atoms with van der Waals surface area (Å²) in [6.45, 7) is 2.36. The maximum atomic E-state index is 11.7. The number of unbranched alkanes of at least 4 members (excludes halogenated alkanes) is 1. The van der Waals surface area contributed by atoms with Crippen molar-refractivity contribution >= 4 is 16.7 Å². The first-order chi connectivity index (χ1) is 8.74. The molecule has 2 rings (SSSR count). The van der Waals surface area contributed by atoms with E-state index < -0.39 is 5.97 Å². The molecule has 0 saturated carbocycles. The van der Waals surface area contributed by atoms with Crippen molar-refractivity contribution in [3.8, 4) is 5.75 Å². The molecular weight excluding hydrogens is 230 g/mol. The van der Waals surface area contributed by atoms with E-state index in [1.807, 2.05) is 19.1 Å². The van der Waals surface area contributed by atoms with Gasteiger partial charge in [0.2, 0.25) is 0 Å². The molecule has 2 aromatic rings. The molecule has 0 radical (unpaired) electrons. The zero-order valence-corrected chi connectivity index (χ0v) is 10.2. The summed E-state index contributed by atoms with van der Waals surface area (Å²) in [6.07, 6.45) is 3.32. The summed E-state index contributed by atoms with van der Waals surface area (Å²) < 4.78 is 5.04. The minimum atomic E-state index is -0.577. The van der Waals surface area contributed by atoms with Crippen LogP contribution in [0.4, 0.5) is 0 Å². The van der Waals surface area contributed by atoms with Crippen LogP contribution in [0.25, 0.3) is 10.8 Å². The van der Waals surface area contributed by atoms with Crippen molar-refractivity contribution in [1.29, 1.82) is 0 Å². The minimum absolute atomic E-state index is 0.0233. The molecule has 0 amide bonds. The van der Waals surface area contributed by atoms with Gasteiger partial charge in [0, 0.05) is 17.0 Å². The molecule has 0 bridgehead atoms. The summed E-state index contributed by atoms with van der Waals surface area (Å²) in [6, 6.07) is 7.22. The fraction of sp³-hybridized carbons (Fsp3) is 0.286. The molecule has 0 atom stereocenters. The van der Waals surface area contributed by atoms with Crippen LogP contribution in [0.2, 0.25) is 0 Å². The lowest BCUT2D eigenvalue weighted by Gasteiger charge is -2.07. The number of aromatic hydroxyl groups is 1. The normalized spacial score (nSPS) is 10.5. The van der Waals surface area contributed by atoms with Crippen LogP contribution in [0, 0.1) is 0 Å². The van der Waals surface area contributed by atoms with Crippen LogP contribution in [0.5, 0.6) is 5.75 Å². The van der Waals surface area contributed by atoms with E-state index in [4.69, 9.17) is 4.74 Å². The molecule has 94 valence electrons. The number of hydrogen-bond acceptors (Lipinski definition) is 4. The van der Waals surface area contributed by atoms with E-state index in [9.17, 15) is 9.90 Å². The number of rotatable bonds is 4. The van der Waals surface area contributed by atoms with Gasteiger partial charge in [0.1, 0.15) is 0 Å². The second-order valence-corrected chi connectivity index (χ2v) is 4.03. The van der Waals surface area contributed by atoms with E-state index in [0.717, 1.165) is 18.2 Å². The van der Waals surface area contributed by atoms with Gasteiger partial charge in [-0.15, -0.1) is 0 Å². The topological polar surface area (TPSA) is 59.4 Å². The maximum absolute atomic E-state index is 11.7. The number of carbonyl (C=O) groups is 1. The summed E-state index contributed by atoms with van der Waals surface area (Å²) in [7, 11) is 0. The zero-order valence-electron chi connectivity index (χ0n) is 10.2. The van der Waals surface area contributed by atoms with Gasteiger partial charge in [-0.05, 0) is 6.42 Å². The second-order valence-electron chi connectivity index (χ2n) is 4.03. The monoisotopic (exact) mass is 245 g/mol. The fourth-order valence-corrected chi connectivity index (χ4v) is 1.67. The number of pyridine rings is 1. The highest BCUT2D eigenvalue weighted by atomic mass is 16.5. The van der Waals surface area contributed by atoms with Crippen molar-refractivity contribution in [2.24, 2.45) is 0 Å². The van der Waals surface area contributed by atoms with Gasteiger partial charge in [0.05, 0.1) is 6.61 Å². The molecule has 0 aliphatic carbocycles. The Morgan fingerprint density at radius 3 is 2.94 bits per heavy atom.